The number of hydrogen-bond acceptors (Lipinski definition) is 3. The van der Waals surface area contributed by atoms with Crippen LogP contribution in [0.15, 0.2) is 12.3 Å². The first-order valence-corrected chi connectivity index (χ1v) is 5.62. The standard InChI is InChI=1S/C12H16N2O2/c1-3-8-6-10(16-9-4-5-9)11(14-7-8)12(15)13-2/h6-7,9H,3-5H2,1-2H3,(H,13,15). The fraction of sp³-hybridized carbons (Fsp3) is 0.500. The zero-order chi connectivity index (χ0) is 11.5. The molecule has 0 atom stereocenters. The second-order valence-corrected chi connectivity index (χ2v) is 3.94. The van der Waals surface area contributed by atoms with Crippen LogP contribution in [0.2, 0.25) is 0 Å². The van der Waals surface area contributed by atoms with Crippen molar-refractivity contribution >= 4 is 5.91 Å². The molecule has 4 nitrogen and oxygen atoms in total. The quantitative estimate of drug-likeness (QED) is 0.837. The van der Waals surface area contributed by atoms with Crippen molar-refractivity contribution in [1.29, 1.82) is 0 Å². The number of hydrogen-bond donors (Lipinski definition) is 1. The maximum atomic E-state index is 11.6. The Morgan fingerprint density at radius 3 is 2.94 bits per heavy atom. The third kappa shape index (κ3) is 2.32. The smallest absolute Gasteiger partial charge is 0.273 e. The van der Waals surface area contributed by atoms with Crippen molar-refractivity contribution in [1.82, 2.24) is 10.3 Å². The summed E-state index contributed by atoms with van der Waals surface area (Å²) in [6, 6.07) is 1.91. The van der Waals surface area contributed by atoms with Crippen LogP contribution in [0.25, 0.3) is 0 Å². The number of carbonyl (C=O) groups is 1. The zero-order valence-electron chi connectivity index (χ0n) is 9.62. The van der Waals surface area contributed by atoms with Gasteiger partial charge in [-0.2, -0.15) is 0 Å². The van der Waals surface area contributed by atoms with Crippen molar-refractivity contribution in [2.45, 2.75) is 32.3 Å². The summed E-state index contributed by atoms with van der Waals surface area (Å²) in [5.74, 6) is 0.416. The Bertz CT molecular complexity index is 400. The van der Waals surface area contributed by atoms with Crippen LogP contribution in [0.4, 0.5) is 0 Å². The highest BCUT2D eigenvalue weighted by molar-refractivity contribution is 5.94. The first-order chi connectivity index (χ1) is 7.74. The fourth-order valence-corrected chi connectivity index (χ4v) is 1.42. The maximum Gasteiger partial charge on any atom is 0.273 e. The molecule has 1 aliphatic rings. The van der Waals surface area contributed by atoms with E-state index in [0.29, 0.717) is 11.4 Å². The molecule has 2 rings (SSSR count). The van der Waals surface area contributed by atoms with Gasteiger partial charge in [-0.05, 0) is 30.9 Å². The summed E-state index contributed by atoms with van der Waals surface area (Å²) < 4.78 is 5.70. The van der Waals surface area contributed by atoms with Gasteiger partial charge in [-0.1, -0.05) is 6.92 Å². The number of carbonyl (C=O) groups excluding carboxylic acids is 1. The molecule has 0 aliphatic heterocycles. The van der Waals surface area contributed by atoms with Crippen molar-refractivity contribution in [2.75, 3.05) is 7.05 Å². The molecule has 1 amide bonds. The predicted octanol–water partition coefficient (Wildman–Crippen LogP) is 1.54. The van der Waals surface area contributed by atoms with Crippen molar-refractivity contribution in [3.63, 3.8) is 0 Å². The lowest BCUT2D eigenvalue weighted by molar-refractivity contribution is 0.0953. The molecule has 4 heteroatoms. The largest absolute Gasteiger partial charge is 0.488 e. The lowest BCUT2D eigenvalue weighted by Crippen LogP contribution is -2.20. The molecule has 1 saturated carbocycles. The number of rotatable bonds is 4. The Hall–Kier alpha value is -1.58. The van der Waals surface area contributed by atoms with Gasteiger partial charge in [0.05, 0.1) is 6.10 Å². The predicted molar refractivity (Wildman–Crippen MR) is 60.7 cm³/mol. The molecule has 0 bridgehead atoms. The third-order valence-electron chi connectivity index (χ3n) is 2.58. The molecular weight excluding hydrogens is 204 g/mol. The second kappa shape index (κ2) is 4.51. The second-order valence-electron chi connectivity index (χ2n) is 3.94. The van der Waals surface area contributed by atoms with Gasteiger partial charge in [0, 0.05) is 13.2 Å². The van der Waals surface area contributed by atoms with E-state index in [1.807, 2.05) is 6.07 Å². The van der Waals surface area contributed by atoms with Crippen molar-refractivity contribution < 1.29 is 9.53 Å². The van der Waals surface area contributed by atoms with Crippen molar-refractivity contribution in [3.05, 3.63) is 23.5 Å². The molecule has 16 heavy (non-hydrogen) atoms. The fourth-order valence-electron chi connectivity index (χ4n) is 1.42. The number of nitrogens with zero attached hydrogens (tertiary/aromatic N) is 1. The molecule has 0 radical (unpaired) electrons. The molecule has 0 aromatic carbocycles. The molecule has 86 valence electrons. The van der Waals surface area contributed by atoms with Gasteiger partial charge in [-0.3, -0.25) is 4.79 Å². The van der Waals surface area contributed by atoms with Crippen LogP contribution in [0.3, 0.4) is 0 Å². The first kappa shape index (κ1) is 10.9. The van der Waals surface area contributed by atoms with Gasteiger partial charge < -0.3 is 10.1 Å². The van der Waals surface area contributed by atoms with E-state index in [2.05, 4.69) is 17.2 Å². The lowest BCUT2D eigenvalue weighted by Gasteiger charge is -2.10. The van der Waals surface area contributed by atoms with Gasteiger partial charge in [0.15, 0.2) is 11.4 Å². The van der Waals surface area contributed by atoms with E-state index < -0.39 is 0 Å². The Kier molecular flexibility index (Phi) is 3.08. The first-order valence-electron chi connectivity index (χ1n) is 5.62. The van der Waals surface area contributed by atoms with Gasteiger partial charge >= 0.3 is 0 Å². The van der Waals surface area contributed by atoms with Crippen LogP contribution < -0.4 is 10.1 Å². The SMILES string of the molecule is CCc1cnc(C(=O)NC)c(OC2CC2)c1. The van der Waals surface area contributed by atoms with E-state index in [1.165, 1.54) is 0 Å². The summed E-state index contributed by atoms with van der Waals surface area (Å²) in [6.07, 6.45) is 5.04. The highest BCUT2D eigenvalue weighted by atomic mass is 16.5. The summed E-state index contributed by atoms with van der Waals surface area (Å²) in [5.41, 5.74) is 1.47. The van der Waals surface area contributed by atoms with Crippen molar-refractivity contribution in [2.24, 2.45) is 0 Å². The molecule has 1 N–H and O–H groups in total. The van der Waals surface area contributed by atoms with Crippen molar-refractivity contribution in [3.8, 4) is 5.75 Å². The molecule has 0 unspecified atom stereocenters. The number of aryl methyl sites for hydroxylation is 1. The Balaban J connectivity index is 2.29. The van der Waals surface area contributed by atoms with E-state index in [-0.39, 0.29) is 12.0 Å². The van der Waals surface area contributed by atoms with Crippen LogP contribution in [0, 0.1) is 0 Å². The monoisotopic (exact) mass is 220 g/mol. The van der Waals surface area contributed by atoms with Gasteiger partial charge in [-0.15, -0.1) is 0 Å². The zero-order valence-corrected chi connectivity index (χ0v) is 9.62. The normalized spacial score (nSPS) is 14.6. The third-order valence-corrected chi connectivity index (χ3v) is 2.58. The number of aromatic nitrogens is 1. The number of pyridine rings is 1. The lowest BCUT2D eigenvalue weighted by atomic mass is 10.2. The molecule has 1 aromatic rings. The molecule has 1 aliphatic carbocycles. The Morgan fingerprint density at radius 1 is 1.62 bits per heavy atom. The van der Waals surface area contributed by atoms with Crippen LogP contribution >= 0.6 is 0 Å². The highest BCUT2D eigenvalue weighted by Crippen LogP contribution is 2.29. The van der Waals surface area contributed by atoms with Gasteiger partial charge in [0.1, 0.15) is 0 Å². The highest BCUT2D eigenvalue weighted by Gasteiger charge is 2.26. The van der Waals surface area contributed by atoms with E-state index >= 15 is 0 Å². The molecular formula is C12H16N2O2. The maximum absolute atomic E-state index is 11.6. The van der Waals surface area contributed by atoms with Crippen LogP contribution in [0.1, 0.15) is 35.8 Å². The van der Waals surface area contributed by atoms with E-state index in [4.69, 9.17) is 4.74 Å². The summed E-state index contributed by atoms with van der Waals surface area (Å²) in [7, 11) is 1.60. The van der Waals surface area contributed by atoms with Crippen LogP contribution in [-0.4, -0.2) is 24.0 Å². The number of amides is 1. The minimum absolute atomic E-state index is 0.196. The molecule has 1 heterocycles. The van der Waals surface area contributed by atoms with Crippen LogP contribution in [-0.2, 0) is 6.42 Å². The average Bonchev–Trinajstić information content (AvgIpc) is 3.12. The van der Waals surface area contributed by atoms with Gasteiger partial charge in [0.25, 0.3) is 5.91 Å². The average molecular weight is 220 g/mol. The van der Waals surface area contributed by atoms with Gasteiger partial charge in [-0.25, -0.2) is 4.98 Å². The summed E-state index contributed by atoms with van der Waals surface area (Å²) in [5, 5.41) is 2.57. The summed E-state index contributed by atoms with van der Waals surface area (Å²) >= 11 is 0. The summed E-state index contributed by atoms with van der Waals surface area (Å²) in [6.45, 7) is 2.05. The van der Waals surface area contributed by atoms with Gasteiger partial charge in [0.2, 0.25) is 0 Å². The number of nitrogens with one attached hydrogen (secondary N) is 1. The topological polar surface area (TPSA) is 51.2 Å². The van der Waals surface area contributed by atoms with Crippen LogP contribution in [0.5, 0.6) is 5.75 Å². The molecule has 0 spiro atoms. The molecule has 1 fully saturated rings. The van der Waals surface area contributed by atoms with E-state index in [0.717, 1.165) is 24.8 Å². The molecule has 0 saturated heterocycles. The molecule has 1 aromatic heterocycles. The minimum atomic E-state index is -0.196. The Morgan fingerprint density at radius 2 is 2.38 bits per heavy atom. The Labute approximate surface area is 95.0 Å². The van der Waals surface area contributed by atoms with E-state index in [1.54, 1.807) is 13.2 Å². The number of ether oxygens (including phenoxy) is 1. The van der Waals surface area contributed by atoms with E-state index in [9.17, 15) is 4.79 Å². The summed E-state index contributed by atoms with van der Waals surface area (Å²) in [4.78, 5) is 15.7. The minimum Gasteiger partial charge on any atom is -0.488 e.